The number of rotatable bonds is 6. The van der Waals surface area contributed by atoms with E-state index in [1.165, 1.54) is 12.1 Å². The first-order chi connectivity index (χ1) is 9.63. The predicted octanol–water partition coefficient (Wildman–Crippen LogP) is 4.03. The van der Waals surface area contributed by atoms with E-state index in [0.717, 1.165) is 5.56 Å². The van der Waals surface area contributed by atoms with Gasteiger partial charge in [0, 0.05) is 17.6 Å². The Morgan fingerprint density at radius 2 is 1.90 bits per heavy atom. The minimum atomic E-state index is -0.413. The molecule has 0 radical (unpaired) electrons. The second-order valence-electron chi connectivity index (χ2n) is 6.95. The van der Waals surface area contributed by atoms with Gasteiger partial charge in [0.15, 0.2) is 0 Å². The maximum absolute atomic E-state index is 13.4. The molecule has 0 fully saturated rings. The first-order valence-electron chi connectivity index (χ1n) is 7.20. The predicted molar refractivity (Wildman–Crippen MR) is 82.5 cm³/mol. The summed E-state index contributed by atoms with van der Waals surface area (Å²) in [5.74, 6) is 0.396. The number of nitriles is 1. The molecule has 0 bridgehead atoms. The molecule has 0 aliphatic carbocycles. The standard InChI is InChI=1S/C17H25FN2O/c1-16(2,3)20-11-13-10-14(18)6-7-15(13)21-9-8-17(4,5)12-19/h6-7,10,20H,8-9,11H2,1-5H3. The van der Waals surface area contributed by atoms with Crippen molar-refractivity contribution >= 4 is 0 Å². The van der Waals surface area contributed by atoms with Crippen LogP contribution in [0.15, 0.2) is 18.2 Å². The van der Waals surface area contributed by atoms with E-state index in [-0.39, 0.29) is 11.4 Å². The fourth-order valence-electron chi connectivity index (χ4n) is 1.66. The van der Waals surface area contributed by atoms with Gasteiger partial charge in [0.1, 0.15) is 11.6 Å². The van der Waals surface area contributed by atoms with Gasteiger partial charge in [-0.25, -0.2) is 4.39 Å². The van der Waals surface area contributed by atoms with Gasteiger partial charge in [0.25, 0.3) is 0 Å². The zero-order valence-electron chi connectivity index (χ0n) is 13.6. The van der Waals surface area contributed by atoms with Crippen LogP contribution in [0, 0.1) is 22.6 Å². The van der Waals surface area contributed by atoms with Crippen LogP contribution in [0.1, 0.15) is 46.6 Å². The Bertz CT molecular complexity index is 513. The molecule has 1 N–H and O–H groups in total. The van der Waals surface area contributed by atoms with E-state index in [2.05, 4.69) is 32.2 Å². The molecule has 0 spiro atoms. The minimum Gasteiger partial charge on any atom is -0.493 e. The molecule has 1 rings (SSSR count). The highest BCUT2D eigenvalue weighted by atomic mass is 19.1. The molecule has 0 aromatic heterocycles. The van der Waals surface area contributed by atoms with Crippen LogP contribution >= 0.6 is 0 Å². The molecule has 4 heteroatoms. The summed E-state index contributed by atoms with van der Waals surface area (Å²) in [6, 6.07) is 6.78. The summed E-state index contributed by atoms with van der Waals surface area (Å²) in [5, 5.41) is 12.3. The number of nitrogens with one attached hydrogen (secondary N) is 1. The van der Waals surface area contributed by atoms with Crippen molar-refractivity contribution in [3.05, 3.63) is 29.6 Å². The molecule has 21 heavy (non-hydrogen) atoms. The largest absolute Gasteiger partial charge is 0.493 e. The van der Waals surface area contributed by atoms with Crippen molar-refractivity contribution in [1.29, 1.82) is 5.26 Å². The van der Waals surface area contributed by atoms with Crippen LogP contribution in [-0.2, 0) is 6.54 Å². The fraction of sp³-hybridized carbons (Fsp3) is 0.588. The number of benzene rings is 1. The van der Waals surface area contributed by atoms with Crippen molar-refractivity contribution in [2.75, 3.05) is 6.61 Å². The van der Waals surface area contributed by atoms with Crippen LogP contribution in [0.25, 0.3) is 0 Å². The van der Waals surface area contributed by atoms with Gasteiger partial charge in [0.05, 0.1) is 18.1 Å². The molecular weight excluding hydrogens is 267 g/mol. The van der Waals surface area contributed by atoms with Gasteiger partial charge in [-0.05, 0) is 59.2 Å². The summed E-state index contributed by atoms with van der Waals surface area (Å²) in [6.07, 6.45) is 0.632. The Morgan fingerprint density at radius 3 is 2.48 bits per heavy atom. The van der Waals surface area contributed by atoms with Crippen LogP contribution < -0.4 is 10.1 Å². The average Bonchev–Trinajstić information content (AvgIpc) is 2.37. The first kappa shape index (κ1) is 17.5. The number of hydrogen-bond donors (Lipinski definition) is 1. The van der Waals surface area contributed by atoms with E-state index in [1.54, 1.807) is 6.07 Å². The number of ether oxygens (including phenoxy) is 1. The van der Waals surface area contributed by atoms with Crippen LogP contribution in [0.3, 0.4) is 0 Å². The number of hydrogen-bond acceptors (Lipinski definition) is 3. The molecule has 0 aliphatic heterocycles. The zero-order chi connectivity index (χ0) is 16.1. The van der Waals surface area contributed by atoms with Crippen LogP contribution in [0.2, 0.25) is 0 Å². The second kappa shape index (κ2) is 6.91. The van der Waals surface area contributed by atoms with E-state index in [1.807, 2.05) is 13.8 Å². The van der Waals surface area contributed by atoms with Crippen LogP contribution in [0.4, 0.5) is 4.39 Å². The minimum absolute atomic E-state index is 0.0492. The Balaban J connectivity index is 2.71. The van der Waals surface area contributed by atoms with E-state index in [4.69, 9.17) is 10.00 Å². The third-order valence-electron chi connectivity index (χ3n) is 3.12. The molecule has 3 nitrogen and oxygen atoms in total. The summed E-state index contributed by atoms with van der Waals surface area (Å²) in [4.78, 5) is 0. The summed E-state index contributed by atoms with van der Waals surface area (Å²) >= 11 is 0. The first-order valence-corrected chi connectivity index (χ1v) is 7.20. The van der Waals surface area contributed by atoms with Gasteiger partial charge >= 0.3 is 0 Å². The van der Waals surface area contributed by atoms with Gasteiger partial charge in [-0.2, -0.15) is 5.26 Å². The normalized spacial score (nSPS) is 12.0. The fourth-order valence-corrected chi connectivity index (χ4v) is 1.66. The lowest BCUT2D eigenvalue weighted by Gasteiger charge is -2.22. The molecule has 0 unspecified atom stereocenters. The molecule has 0 aliphatic rings. The summed E-state index contributed by atoms with van der Waals surface area (Å²) in [7, 11) is 0. The molecule has 116 valence electrons. The number of halogens is 1. The van der Waals surface area contributed by atoms with Crippen molar-refractivity contribution in [2.45, 2.75) is 53.1 Å². The Hall–Kier alpha value is -1.60. The van der Waals surface area contributed by atoms with Gasteiger partial charge in [-0.15, -0.1) is 0 Å². The van der Waals surface area contributed by atoms with Gasteiger partial charge < -0.3 is 10.1 Å². The Kier molecular flexibility index (Phi) is 5.74. The van der Waals surface area contributed by atoms with Gasteiger partial charge in [-0.3, -0.25) is 0 Å². The third kappa shape index (κ3) is 6.59. The molecule has 0 saturated carbocycles. The monoisotopic (exact) mass is 292 g/mol. The van der Waals surface area contributed by atoms with Crippen molar-refractivity contribution in [3.8, 4) is 11.8 Å². The lowest BCUT2D eigenvalue weighted by Crippen LogP contribution is -2.35. The lowest BCUT2D eigenvalue weighted by molar-refractivity contribution is 0.260. The zero-order valence-corrected chi connectivity index (χ0v) is 13.6. The van der Waals surface area contributed by atoms with Gasteiger partial charge in [-0.1, -0.05) is 0 Å². The third-order valence-corrected chi connectivity index (χ3v) is 3.12. The SMILES string of the molecule is CC(C)(C#N)CCOc1ccc(F)cc1CNC(C)(C)C. The highest BCUT2D eigenvalue weighted by Crippen LogP contribution is 2.23. The topological polar surface area (TPSA) is 45.0 Å². The molecule has 1 aromatic carbocycles. The Labute approximate surface area is 127 Å². The number of nitrogens with zero attached hydrogens (tertiary/aromatic N) is 1. The summed E-state index contributed by atoms with van der Waals surface area (Å²) in [6.45, 7) is 10.9. The van der Waals surface area contributed by atoms with E-state index >= 15 is 0 Å². The van der Waals surface area contributed by atoms with E-state index < -0.39 is 5.41 Å². The van der Waals surface area contributed by atoms with Crippen molar-refractivity contribution in [3.63, 3.8) is 0 Å². The molecule has 0 saturated heterocycles. The molecular formula is C17H25FN2O. The highest BCUT2D eigenvalue weighted by molar-refractivity contribution is 5.34. The molecule has 0 heterocycles. The molecule has 1 aromatic rings. The maximum Gasteiger partial charge on any atom is 0.123 e. The van der Waals surface area contributed by atoms with E-state index in [0.29, 0.717) is 25.3 Å². The van der Waals surface area contributed by atoms with Crippen molar-refractivity contribution in [1.82, 2.24) is 5.32 Å². The summed E-state index contributed by atoms with van der Waals surface area (Å²) < 4.78 is 19.1. The second-order valence-corrected chi connectivity index (χ2v) is 6.95. The highest BCUT2D eigenvalue weighted by Gasteiger charge is 2.17. The van der Waals surface area contributed by atoms with Crippen LogP contribution in [0.5, 0.6) is 5.75 Å². The van der Waals surface area contributed by atoms with Crippen molar-refractivity contribution in [2.24, 2.45) is 5.41 Å². The quantitative estimate of drug-likeness (QED) is 0.861. The van der Waals surface area contributed by atoms with E-state index in [9.17, 15) is 4.39 Å². The Morgan fingerprint density at radius 1 is 1.24 bits per heavy atom. The lowest BCUT2D eigenvalue weighted by atomic mass is 9.92. The molecule has 0 amide bonds. The van der Waals surface area contributed by atoms with Crippen molar-refractivity contribution < 1.29 is 9.13 Å². The van der Waals surface area contributed by atoms with Crippen LogP contribution in [-0.4, -0.2) is 12.1 Å². The average molecular weight is 292 g/mol. The van der Waals surface area contributed by atoms with Gasteiger partial charge in [0.2, 0.25) is 0 Å². The summed E-state index contributed by atoms with van der Waals surface area (Å²) in [5.41, 5.74) is 0.329. The molecule has 0 atom stereocenters. The maximum atomic E-state index is 13.4. The smallest absolute Gasteiger partial charge is 0.123 e.